The fraction of sp³-hybridized carbons (Fsp3) is 0.474. The summed E-state index contributed by atoms with van der Waals surface area (Å²) in [6.07, 6.45) is 7.36. The van der Waals surface area contributed by atoms with E-state index < -0.39 is 17.5 Å². The Morgan fingerprint density at radius 3 is 2.65 bits per heavy atom. The molecule has 0 unspecified atom stereocenters. The van der Waals surface area contributed by atoms with Crippen molar-refractivity contribution < 1.29 is 15.0 Å². The number of amides is 1. The van der Waals surface area contributed by atoms with Gasteiger partial charge < -0.3 is 15.5 Å². The minimum absolute atomic E-state index is 0.0279. The third-order valence-corrected chi connectivity index (χ3v) is 4.94. The first kappa shape index (κ1) is 18.1. The number of carbonyl (C=O) groups is 1. The van der Waals surface area contributed by atoms with Crippen molar-refractivity contribution in [2.24, 2.45) is 5.92 Å². The zero-order valence-corrected chi connectivity index (χ0v) is 15.1. The summed E-state index contributed by atoms with van der Waals surface area (Å²) >= 11 is 0. The maximum absolute atomic E-state index is 12.6. The molecule has 0 radical (unpaired) electrons. The number of nitrogens with one attached hydrogen (secondary N) is 1. The molecule has 26 heavy (non-hydrogen) atoms. The molecule has 1 amide bonds. The van der Waals surface area contributed by atoms with Gasteiger partial charge in [-0.1, -0.05) is 19.3 Å². The monoisotopic (exact) mass is 356 g/mol. The lowest BCUT2D eigenvalue weighted by molar-refractivity contribution is 0.0910. The molecule has 1 fully saturated rings. The van der Waals surface area contributed by atoms with Gasteiger partial charge in [-0.25, -0.2) is 4.98 Å². The minimum Gasteiger partial charge on any atom is -0.501 e. The van der Waals surface area contributed by atoms with Gasteiger partial charge in [0.05, 0.1) is 0 Å². The maximum Gasteiger partial charge on any atom is 0.274 e. The Morgan fingerprint density at radius 2 is 1.96 bits per heavy atom. The van der Waals surface area contributed by atoms with E-state index in [9.17, 15) is 15.0 Å². The summed E-state index contributed by atoms with van der Waals surface area (Å²) in [6.45, 7) is 3.86. The van der Waals surface area contributed by atoms with Crippen LogP contribution in [0.25, 0.3) is 11.5 Å². The van der Waals surface area contributed by atoms with Crippen molar-refractivity contribution in [3.63, 3.8) is 0 Å². The Kier molecular flexibility index (Phi) is 5.35. The van der Waals surface area contributed by atoms with Gasteiger partial charge >= 0.3 is 0 Å². The van der Waals surface area contributed by atoms with E-state index in [1.54, 1.807) is 12.3 Å². The molecule has 3 rings (SSSR count). The molecular weight excluding hydrogens is 332 g/mol. The van der Waals surface area contributed by atoms with Crippen LogP contribution in [0.2, 0.25) is 0 Å². The van der Waals surface area contributed by atoms with Gasteiger partial charge in [-0.15, -0.1) is 0 Å². The Hall–Kier alpha value is -2.70. The fourth-order valence-electron chi connectivity index (χ4n) is 3.40. The zero-order valence-electron chi connectivity index (χ0n) is 15.1. The molecule has 0 aromatic carbocycles. The summed E-state index contributed by atoms with van der Waals surface area (Å²) < 4.78 is 0. The third kappa shape index (κ3) is 3.92. The number of aryl methyl sites for hydroxylation is 1. The number of carbonyl (C=O) groups excluding carboxylic acids is 1. The average Bonchev–Trinajstić information content (AvgIpc) is 2.64. The number of hydrogen-bond donors (Lipinski definition) is 3. The van der Waals surface area contributed by atoms with Crippen molar-refractivity contribution in [3.8, 4) is 23.1 Å². The zero-order chi connectivity index (χ0) is 18.7. The highest BCUT2D eigenvalue weighted by molar-refractivity contribution is 5.96. The Labute approximate surface area is 152 Å². The van der Waals surface area contributed by atoms with Crippen LogP contribution in [0, 0.1) is 12.8 Å². The van der Waals surface area contributed by atoms with Crippen LogP contribution in [0.1, 0.15) is 55.1 Å². The molecule has 7 heteroatoms. The van der Waals surface area contributed by atoms with Crippen LogP contribution in [-0.4, -0.2) is 37.1 Å². The summed E-state index contributed by atoms with van der Waals surface area (Å²) in [7, 11) is 0. The van der Waals surface area contributed by atoms with E-state index >= 15 is 0 Å². The molecule has 3 N–H and O–H groups in total. The second-order valence-electron chi connectivity index (χ2n) is 6.95. The van der Waals surface area contributed by atoms with E-state index in [1.807, 2.05) is 19.9 Å². The van der Waals surface area contributed by atoms with Crippen LogP contribution in [0.3, 0.4) is 0 Å². The molecule has 138 valence electrons. The molecule has 0 saturated heterocycles. The highest BCUT2D eigenvalue weighted by atomic mass is 16.3. The topological polar surface area (TPSA) is 108 Å². The van der Waals surface area contributed by atoms with Crippen molar-refractivity contribution in [3.05, 3.63) is 29.6 Å². The summed E-state index contributed by atoms with van der Waals surface area (Å²) in [5.41, 5.74) is 1.14. The summed E-state index contributed by atoms with van der Waals surface area (Å²) in [4.78, 5) is 24.8. The standard InChI is InChI=1S/C19H24N4O3/c1-11-8-9-20-14(10-11)17-22-15(16(24)19(26)23-17)18(25)21-12(2)13-6-4-3-5-7-13/h8-10,12-13,24H,3-7H2,1-2H3,(H,21,25)(H,22,23,26)/t12-/m1/s1. The van der Waals surface area contributed by atoms with Crippen molar-refractivity contribution in [2.75, 3.05) is 0 Å². The van der Waals surface area contributed by atoms with Gasteiger partial charge in [0.15, 0.2) is 11.5 Å². The number of hydrogen-bond acceptors (Lipinski definition) is 6. The second-order valence-corrected chi connectivity index (χ2v) is 6.95. The van der Waals surface area contributed by atoms with Crippen LogP contribution in [0.5, 0.6) is 11.6 Å². The Balaban J connectivity index is 1.85. The first-order valence-corrected chi connectivity index (χ1v) is 8.99. The number of aromatic hydroxyl groups is 2. The number of aromatic nitrogens is 3. The first-order valence-electron chi connectivity index (χ1n) is 8.99. The van der Waals surface area contributed by atoms with Gasteiger partial charge in [0.25, 0.3) is 11.8 Å². The highest BCUT2D eigenvalue weighted by Gasteiger charge is 2.25. The van der Waals surface area contributed by atoms with E-state index in [1.165, 1.54) is 19.3 Å². The van der Waals surface area contributed by atoms with Crippen molar-refractivity contribution in [1.29, 1.82) is 0 Å². The van der Waals surface area contributed by atoms with Gasteiger partial charge in [0, 0.05) is 12.2 Å². The normalized spacial score (nSPS) is 16.2. The highest BCUT2D eigenvalue weighted by Crippen LogP contribution is 2.30. The lowest BCUT2D eigenvalue weighted by Crippen LogP contribution is -2.39. The molecule has 1 saturated carbocycles. The minimum atomic E-state index is -0.631. The molecule has 1 aliphatic carbocycles. The molecule has 7 nitrogen and oxygen atoms in total. The van der Waals surface area contributed by atoms with E-state index in [4.69, 9.17) is 0 Å². The summed E-state index contributed by atoms with van der Waals surface area (Å²) in [5.74, 6) is -1.25. The Bertz CT molecular complexity index is 803. The molecule has 1 atom stereocenters. The van der Waals surface area contributed by atoms with Crippen molar-refractivity contribution >= 4 is 5.91 Å². The molecule has 0 bridgehead atoms. The number of rotatable bonds is 4. The molecule has 0 spiro atoms. The van der Waals surface area contributed by atoms with E-state index in [0.717, 1.165) is 18.4 Å². The Morgan fingerprint density at radius 1 is 1.23 bits per heavy atom. The van der Waals surface area contributed by atoms with Gasteiger partial charge in [-0.3, -0.25) is 9.78 Å². The molecule has 0 aliphatic heterocycles. The first-order chi connectivity index (χ1) is 12.5. The SMILES string of the molecule is Cc1ccnc(-c2nc(O)c(O)c(C(=O)N[C@H](C)C3CCCCC3)n2)c1. The van der Waals surface area contributed by atoms with Crippen LogP contribution in [0.15, 0.2) is 18.3 Å². The van der Waals surface area contributed by atoms with Gasteiger partial charge in [0.1, 0.15) is 5.69 Å². The predicted molar refractivity (Wildman–Crippen MR) is 96.8 cm³/mol. The number of nitrogens with zero attached hydrogens (tertiary/aromatic N) is 3. The molecular formula is C19H24N4O3. The summed E-state index contributed by atoms with van der Waals surface area (Å²) in [5, 5.41) is 22.9. The van der Waals surface area contributed by atoms with Gasteiger partial charge in [-0.2, -0.15) is 4.98 Å². The largest absolute Gasteiger partial charge is 0.501 e. The second kappa shape index (κ2) is 7.68. The lowest BCUT2D eigenvalue weighted by atomic mass is 9.84. The average molecular weight is 356 g/mol. The lowest BCUT2D eigenvalue weighted by Gasteiger charge is -2.28. The molecule has 2 heterocycles. The molecule has 1 aliphatic rings. The van der Waals surface area contributed by atoms with Crippen LogP contribution in [0.4, 0.5) is 0 Å². The predicted octanol–water partition coefficient (Wildman–Crippen LogP) is 2.96. The molecule has 2 aromatic rings. The fourth-order valence-corrected chi connectivity index (χ4v) is 3.40. The van der Waals surface area contributed by atoms with Crippen molar-refractivity contribution in [1.82, 2.24) is 20.3 Å². The maximum atomic E-state index is 12.6. The van der Waals surface area contributed by atoms with Gasteiger partial charge in [-0.05, 0) is 50.3 Å². The van der Waals surface area contributed by atoms with Crippen LogP contribution >= 0.6 is 0 Å². The van der Waals surface area contributed by atoms with E-state index in [0.29, 0.717) is 11.6 Å². The quantitative estimate of drug-likeness (QED) is 0.777. The van der Waals surface area contributed by atoms with Crippen LogP contribution in [-0.2, 0) is 0 Å². The molecule has 2 aromatic heterocycles. The van der Waals surface area contributed by atoms with E-state index in [2.05, 4.69) is 20.3 Å². The summed E-state index contributed by atoms with van der Waals surface area (Å²) in [6, 6.07) is 3.54. The third-order valence-electron chi connectivity index (χ3n) is 4.94. The number of pyridine rings is 1. The van der Waals surface area contributed by atoms with Crippen LogP contribution < -0.4 is 5.32 Å². The van der Waals surface area contributed by atoms with Gasteiger partial charge in [0.2, 0.25) is 5.75 Å². The van der Waals surface area contributed by atoms with E-state index in [-0.39, 0.29) is 17.6 Å². The van der Waals surface area contributed by atoms with Crippen molar-refractivity contribution in [2.45, 2.75) is 52.0 Å². The smallest absolute Gasteiger partial charge is 0.274 e.